The van der Waals surface area contributed by atoms with Gasteiger partial charge in [-0.1, -0.05) is 23.3 Å². The van der Waals surface area contributed by atoms with Gasteiger partial charge >= 0.3 is 0 Å². The first-order valence-electron chi connectivity index (χ1n) is 5.53. The minimum absolute atomic E-state index is 0.118. The van der Waals surface area contributed by atoms with E-state index >= 15 is 0 Å². The van der Waals surface area contributed by atoms with E-state index in [1.807, 2.05) is 0 Å². The van der Waals surface area contributed by atoms with Crippen molar-refractivity contribution in [1.82, 2.24) is 0 Å². The summed E-state index contributed by atoms with van der Waals surface area (Å²) in [6.45, 7) is 1.65. The minimum Gasteiger partial charge on any atom is -0.295 e. The summed E-state index contributed by atoms with van der Waals surface area (Å²) in [6, 6.07) is 4.33. The first-order valence-corrected chi connectivity index (χ1v) is 5.53. The summed E-state index contributed by atoms with van der Waals surface area (Å²) in [4.78, 5) is 24.2. The molecule has 0 saturated heterocycles. The number of rotatable bonds is 6. The van der Waals surface area contributed by atoms with Gasteiger partial charge in [-0.25, -0.2) is 0 Å². The third-order valence-corrected chi connectivity index (χ3v) is 2.39. The van der Waals surface area contributed by atoms with Gasteiger partial charge in [0, 0.05) is 23.1 Å². The van der Waals surface area contributed by atoms with Gasteiger partial charge in [0.25, 0.3) is 5.69 Å². The Morgan fingerprint density at radius 1 is 1.58 bits per heavy atom. The zero-order valence-corrected chi connectivity index (χ0v) is 10.3. The fraction of sp³-hybridized carbons (Fsp3) is 0.250. The van der Waals surface area contributed by atoms with Gasteiger partial charge in [0.2, 0.25) is 0 Å². The van der Waals surface area contributed by atoms with Gasteiger partial charge in [0.1, 0.15) is 0 Å². The molecule has 0 amide bonds. The Balaban J connectivity index is 2.97. The predicted octanol–water partition coefficient (Wildman–Crippen LogP) is 3.51. The molecule has 19 heavy (non-hydrogen) atoms. The lowest BCUT2D eigenvalue weighted by molar-refractivity contribution is -0.385. The van der Waals surface area contributed by atoms with Crippen molar-refractivity contribution < 1.29 is 9.72 Å². The zero-order chi connectivity index (χ0) is 14.3. The largest absolute Gasteiger partial charge is 0.295 e. The smallest absolute Gasteiger partial charge is 0.277 e. The van der Waals surface area contributed by atoms with Crippen molar-refractivity contribution in [2.75, 3.05) is 6.54 Å². The number of Topliss-reactive ketones (excluding diaryl/α,β-unsaturated/α-hetero) is 1. The predicted molar refractivity (Wildman–Crippen MR) is 70.8 cm³/mol. The second-order valence-corrected chi connectivity index (χ2v) is 3.73. The van der Waals surface area contributed by atoms with Gasteiger partial charge in [0.05, 0.1) is 10.5 Å². The molecule has 98 valence electrons. The molecule has 0 saturated carbocycles. The van der Waals surface area contributed by atoms with Crippen LogP contribution in [0.4, 0.5) is 5.69 Å². The Kier molecular flexibility index (Phi) is 5.25. The van der Waals surface area contributed by atoms with Crippen molar-refractivity contribution >= 4 is 17.5 Å². The van der Waals surface area contributed by atoms with Gasteiger partial charge in [-0.3, -0.25) is 14.9 Å². The van der Waals surface area contributed by atoms with Gasteiger partial charge in [-0.2, -0.15) is 0 Å². The molecule has 7 heteroatoms. The monoisotopic (exact) mass is 260 g/mol. The highest BCUT2D eigenvalue weighted by Gasteiger charge is 2.13. The molecule has 1 aromatic rings. The molecule has 0 spiro atoms. The summed E-state index contributed by atoms with van der Waals surface area (Å²) in [5, 5.41) is 14.3. The van der Waals surface area contributed by atoms with E-state index in [0.717, 1.165) is 0 Å². The summed E-state index contributed by atoms with van der Waals surface area (Å²) in [5.74, 6) is -0.220. The van der Waals surface area contributed by atoms with E-state index in [-0.39, 0.29) is 11.5 Å². The highest BCUT2D eigenvalue weighted by Crippen LogP contribution is 2.22. The third kappa shape index (κ3) is 4.25. The Morgan fingerprint density at radius 2 is 2.32 bits per heavy atom. The van der Waals surface area contributed by atoms with Gasteiger partial charge < -0.3 is 0 Å². The van der Waals surface area contributed by atoms with Crippen molar-refractivity contribution in [2.24, 2.45) is 5.11 Å². The highest BCUT2D eigenvalue weighted by molar-refractivity contribution is 5.95. The number of hydrogen-bond acceptors (Lipinski definition) is 4. The second-order valence-electron chi connectivity index (χ2n) is 3.73. The number of nitrogens with zero attached hydrogens (tertiary/aromatic N) is 4. The fourth-order valence-electron chi connectivity index (χ4n) is 1.45. The van der Waals surface area contributed by atoms with E-state index in [0.29, 0.717) is 24.1 Å². The van der Waals surface area contributed by atoms with Crippen LogP contribution in [-0.2, 0) is 0 Å². The average molecular weight is 260 g/mol. The molecule has 0 aromatic heterocycles. The van der Waals surface area contributed by atoms with E-state index in [2.05, 4.69) is 10.0 Å². The molecule has 0 bridgehead atoms. The number of azide groups is 1. The van der Waals surface area contributed by atoms with Crippen LogP contribution in [0.3, 0.4) is 0 Å². The number of hydrogen-bond donors (Lipinski definition) is 0. The normalized spacial score (nSPS) is 10.2. The molecule has 0 atom stereocenters. The molecule has 0 N–H and O–H groups in total. The number of ketones is 1. The maximum absolute atomic E-state index is 11.2. The Bertz CT molecular complexity index is 574. The number of carbonyl (C=O) groups is 1. The van der Waals surface area contributed by atoms with Crippen LogP contribution >= 0.6 is 0 Å². The molecule has 0 radical (unpaired) electrons. The van der Waals surface area contributed by atoms with Crippen LogP contribution in [0.25, 0.3) is 16.5 Å². The van der Waals surface area contributed by atoms with E-state index in [9.17, 15) is 14.9 Å². The Morgan fingerprint density at radius 3 is 2.89 bits per heavy atom. The highest BCUT2D eigenvalue weighted by atomic mass is 16.6. The molecule has 7 nitrogen and oxygen atoms in total. The molecule has 0 aliphatic rings. The molecule has 1 aromatic carbocycles. The summed E-state index contributed by atoms with van der Waals surface area (Å²) in [6.07, 6.45) is 3.76. The van der Waals surface area contributed by atoms with Crippen molar-refractivity contribution in [2.45, 2.75) is 13.3 Å². The van der Waals surface area contributed by atoms with Crippen LogP contribution in [0.1, 0.15) is 29.3 Å². The Labute approximate surface area is 109 Å². The van der Waals surface area contributed by atoms with E-state index in [1.54, 1.807) is 18.2 Å². The number of carbonyl (C=O) groups excluding carboxylic acids is 1. The molecular formula is C12H12N4O3. The van der Waals surface area contributed by atoms with Crippen LogP contribution < -0.4 is 0 Å². The van der Waals surface area contributed by atoms with Crippen molar-refractivity contribution in [3.63, 3.8) is 0 Å². The van der Waals surface area contributed by atoms with Crippen LogP contribution in [0, 0.1) is 10.1 Å². The number of nitro groups is 1. The minimum atomic E-state index is -0.528. The van der Waals surface area contributed by atoms with Gasteiger partial charge in [-0.05, 0) is 24.9 Å². The lowest BCUT2D eigenvalue weighted by atomic mass is 10.1. The molecular weight excluding hydrogens is 248 g/mol. The van der Waals surface area contributed by atoms with Crippen LogP contribution in [0.15, 0.2) is 29.4 Å². The summed E-state index contributed by atoms with van der Waals surface area (Å²) in [5.41, 5.74) is 8.69. The number of nitro benzene ring substituents is 1. The van der Waals surface area contributed by atoms with Crippen molar-refractivity contribution in [1.29, 1.82) is 0 Å². The maximum atomic E-state index is 11.2. The first-order chi connectivity index (χ1) is 9.06. The first kappa shape index (κ1) is 14.4. The third-order valence-electron chi connectivity index (χ3n) is 2.39. The quantitative estimate of drug-likeness (QED) is 0.148. The zero-order valence-electron chi connectivity index (χ0n) is 10.3. The lowest BCUT2D eigenvalue weighted by Gasteiger charge is -2.00. The summed E-state index contributed by atoms with van der Waals surface area (Å²) in [7, 11) is 0. The summed E-state index contributed by atoms with van der Waals surface area (Å²) < 4.78 is 0. The SMILES string of the molecule is CC(=O)c1ccc(C=CCCN=[N+]=[N-])c([N+](=O)[O-])c1. The molecule has 0 unspecified atom stereocenters. The van der Waals surface area contributed by atoms with E-state index in [4.69, 9.17) is 5.53 Å². The standard InChI is InChI=1S/C12H12N4O3/c1-9(17)11-6-5-10(12(8-11)16(18)19)4-2-3-7-14-15-13/h2,4-6,8H,3,7H2,1H3. The van der Waals surface area contributed by atoms with Crippen molar-refractivity contribution in [3.8, 4) is 0 Å². The maximum Gasteiger partial charge on any atom is 0.277 e. The van der Waals surface area contributed by atoms with Crippen molar-refractivity contribution in [3.05, 3.63) is 56.0 Å². The van der Waals surface area contributed by atoms with E-state index in [1.165, 1.54) is 19.1 Å². The molecule has 1 rings (SSSR count). The van der Waals surface area contributed by atoms with Crippen LogP contribution in [0.5, 0.6) is 0 Å². The Hall–Kier alpha value is -2.66. The fourth-order valence-corrected chi connectivity index (χ4v) is 1.45. The molecule has 0 aliphatic heterocycles. The van der Waals surface area contributed by atoms with Crippen LogP contribution in [-0.4, -0.2) is 17.3 Å². The second kappa shape index (κ2) is 6.93. The molecule has 0 aliphatic carbocycles. The lowest BCUT2D eigenvalue weighted by Crippen LogP contribution is -1.97. The number of benzene rings is 1. The molecule has 0 heterocycles. The van der Waals surface area contributed by atoms with Crippen LogP contribution in [0.2, 0.25) is 0 Å². The van der Waals surface area contributed by atoms with Gasteiger partial charge in [0.15, 0.2) is 5.78 Å². The average Bonchev–Trinajstić information content (AvgIpc) is 2.38. The van der Waals surface area contributed by atoms with E-state index < -0.39 is 4.92 Å². The topological polar surface area (TPSA) is 109 Å². The van der Waals surface area contributed by atoms with Gasteiger partial charge in [-0.15, -0.1) is 0 Å². The molecule has 0 fully saturated rings. The summed E-state index contributed by atoms with van der Waals surface area (Å²) >= 11 is 0.